The van der Waals surface area contributed by atoms with Gasteiger partial charge in [-0.1, -0.05) is 12.1 Å². The first-order chi connectivity index (χ1) is 14.3. The zero-order valence-electron chi connectivity index (χ0n) is 19.0. The molecule has 3 aromatic rings. The summed E-state index contributed by atoms with van der Waals surface area (Å²) in [6, 6.07) is 13.2. The Morgan fingerprint density at radius 1 is 1.07 bits per heavy atom. The van der Waals surface area contributed by atoms with Crippen molar-refractivity contribution in [2.75, 3.05) is 18.4 Å². The fourth-order valence-electron chi connectivity index (χ4n) is 4.07. The molecule has 0 aliphatic rings. The van der Waals surface area contributed by atoms with Crippen molar-refractivity contribution >= 4 is 28.5 Å². The Hall–Kier alpha value is -2.79. The number of aromatic hydroxyl groups is 1. The number of nitrogens with zero attached hydrogens (tertiary/aromatic N) is 2. The van der Waals surface area contributed by atoms with Crippen LogP contribution in [-0.2, 0) is 0 Å². The Morgan fingerprint density at radius 2 is 1.80 bits per heavy atom. The monoisotopic (exact) mass is 406 g/mol. The molecule has 3 rings (SSSR count). The van der Waals surface area contributed by atoms with E-state index < -0.39 is 0 Å². The standard InChI is InChI=1S/C25H34N4O/c1-16(2)29(17(3)4)13-12-26-22-11-10-20(14-19(22)6)27-15-21-24-18(5)8-7-9-23(24)28-25(21)30/h7-11,14-17,26,28,30H,12-13H2,1-6H3. The van der Waals surface area contributed by atoms with Crippen LogP contribution in [0.25, 0.3) is 10.9 Å². The van der Waals surface area contributed by atoms with Crippen LogP contribution in [0.2, 0.25) is 0 Å². The summed E-state index contributed by atoms with van der Waals surface area (Å²) in [7, 11) is 0. The lowest BCUT2D eigenvalue weighted by atomic mass is 10.1. The van der Waals surface area contributed by atoms with E-state index in [1.165, 1.54) is 0 Å². The Labute approximate surface area is 179 Å². The number of aryl methyl sites for hydroxylation is 2. The van der Waals surface area contributed by atoms with Gasteiger partial charge in [0.25, 0.3) is 0 Å². The third kappa shape index (κ3) is 4.85. The molecule has 0 bridgehead atoms. The lowest BCUT2D eigenvalue weighted by Gasteiger charge is -2.30. The molecule has 0 unspecified atom stereocenters. The third-order valence-electron chi connectivity index (χ3n) is 5.62. The zero-order valence-corrected chi connectivity index (χ0v) is 19.0. The Balaban J connectivity index is 1.71. The van der Waals surface area contributed by atoms with Crippen molar-refractivity contribution in [3.05, 3.63) is 53.1 Å². The SMILES string of the molecule is Cc1cc(N=Cc2c(O)[nH]c3cccc(C)c23)ccc1NCCN(C(C)C)C(C)C. The van der Waals surface area contributed by atoms with Crippen LogP contribution < -0.4 is 5.32 Å². The lowest BCUT2D eigenvalue weighted by Crippen LogP contribution is -2.40. The number of anilines is 1. The van der Waals surface area contributed by atoms with E-state index in [1.807, 2.05) is 31.2 Å². The molecule has 0 fully saturated rings. The van der Waals surface area contributed by atoms with Gasteiger partial charge in [-0.05, 0) is 76.9 Å². The van der Waals surface area contributed by atoms with Gasteiger partial charge in [0.2, 0.25) is 0 Å². The Bertz CT molecular complexity index is 1030. The van der Waals surface area contributed by atoms with Gasteiger partial charge < -0.3 is 15.4 Å². The van der Waals surface area contributed by atoms with Crippen LogP contribution in [0.1, 0.15) is 44.4 Å². The van der Waals surface area contributed by atoms with Crippen molar-refractivity contribution in [2.24, 2.45) is 4.99 Å². The molecule has 0 amide bonds. The maximum absolute atomic E-state index is 10.3. The predicted molar refractivity (Wildman–Crippen MR) is 129 cm³/mol. The number of aliphatic imine (C=N–C) groups is 1. The number of H-pyrrole nitrogens is 1. The molecule has 5 nitrogen and oxygen atoms in total. The van der Waals surface area contributed by atoms with Gasteiger partial charge in [-0.15, -0.1) is 0 Å². The summed E-state index contributed by atoms with van der Waals surface area (Å²) in [6.07, 6.45) is 1.74. The number of aromatic nitrogens is 1. The van der Waals surface area contributed by atoms with E-state index in [-0.39, 0.29) is 5.88 Å². The Kier molecular flexibility index (Phi) is 6.83. The van der Waals surface area contributed by atoms with Crippen LogP contribution in [0, 0.1) is 13.8 Å². The van der Waals surface area contributed by atoms with Gasteiger partial charge in [-0.3, -0.25) is 9.89 Å². The van der Waals surface area contributed by atoms with Gasteiger partial charge in [0.15, 0.2) is 5.88 Å². The minimum atomic E-state index is 0.151. The van der Waals surface area contributed by atoms with Gasteiger partial charge in [-0.2, -0.15) is 0 Å². The van der Waals surface area contributed by atoms with Gasteiger partial charge in [0, 0.05) is 48.0 Å². The molecule has 160 valence electrons. The molecular weight excluding hydrogens is 372 g/mol. The van der Waals surface area contributed by atoms with E-state index >= 15 is 0 Å². The maximum Gasteiger partial charge on any atom is 0.198 e. The van der Waals surface area contributed by atoms with Crippen LogP contribution in [0.15, 0.2) is 41.4 Å². The van der Waals surface area contributed by atoms with Crippen molar-refractivity contribution in [1.82, 2.24) is 9.88 Å². The molecule has 0 saturated heterocycles. The predicted octanol–water partition coefficient (Wildman–Crippen LogP) is 5.77. The second kappa shape index (κ2) is 9.35. The normalized spacial score (nSPS) is 12.2. The molecule has 0 aliphatic carbocycles. The van der Waals surface area contributed by atoms with E-state index in [1.54, 1.807) is 6.21 Å². The highest BCUT2D eigenvalue weighted by Crippen LogP contribution is 2.29. The molecule has 0 atom stereocenters. The summed E-state index contributed by atoms with van der Waals surface area (Å²) < 4.78 is 0. The van der Waals surface area contributed by atoms with Gasteiger partial charge >= 0.3 is 0 Å². The molecule has 0 spiro atoms. The quantitative estimate of drug-likeness (QED) is 0.416. The summed E-state index contributed by atoms with van der Waals surface area (Å²) in [5.41, 5.74) is 5.91. The molecule has 5 heteroatoms. The van der Waals surface area contributed by atoms with Crippen molar-refractivity contribution in [3.63, 3.8) is 0 Å². The first-order valence-corrected chi connectivity index (χ1v) is 10.7. The topological polar surface area (TPSA) is 63.7 Å². The maximum atomic E-state index is 10.3. The number of hydrogen-bond donors (Lipinski definition) is 3. The molecular formula is C25H34N4O. The average molecular weight is 407 g/mol. The molecule has 3 N–H and O–H groups in total. The van der Waals surface area contributed by atoms with Crippen molar-refractivity contribution in [1.29, 1.82) is 0 Å². The first kappa shape index (κ1) is 21.9. The fraction of sp³-hybridized carbons (Fsp3) is 0.400. The van der Waals surface area contributed by atoms with Crippen molar-refractivity contribution in [2.45, 2.75) is 53.6 Å². The Morgan fingerprint density at radius 3 is 2.47 bits per heavy atom. The number of fused-ring (bicyclic) bond motifs is 1. The molecule has 0 aliphatic heterocycles. The second-order valence-electron chi connectivity index (χ2n) is 8.49. The molecule has 2 aromatic carbocycles. The average Bonchev–Trinajstić information content (AvgIpc) is 3.00. The van der Waals surface area contributed by atoms with Crippen molar-refractivity contribution < 1.29 is 5.11 Å². The number of hydrogen-bond acceptors (Lipinski definition) is 4. The summed E-state index contributed by atoms with van der Waals surface area (Å²) in [5.74, 6) is 0.151. The summed E-state index contributed by atoms with van der Waals surface area (Å²) in [6.45, 7) is 15.0. The molecule has 1 aromatic heterocycles. The zero-order chi connectivity index (χ0) is 21.8. The van der Waals surface area contributed by atoms with E-state index in [4.69, 9.17) is 0 Å². The van der Waals surface area contributed by atoms with Crippen LogP contribution in [0.3, 0.4) is 0 Å². The summed E-state index contributed by atoms with van der Waals surface area (Å²) in [5, 5.41) is 14.9. The minimum absolute atomic E-state index is 0.151. The largest absolute Gasteiger partial charge is 0.494 e. The number of aromatic amines is 1. The lowest BCUT2D eigenvalue weighted by molar-refractivity contribution is 0.182. The molecule has 1 heterocycles. The summed E-state index contributed by atoms with van der Waals surface area (Å²) in [4.78, 5) is 10.1. The van der Waals surface area contributed by atoms with E-state index in [0.29, 0.717) is 12.1 Å². The van der Waals surface area contributed by atoms with Gasteiger partial charge in [-0.25, -0.2) is 0 Å². The van der Waals surface area contributed by atoms with Gasteiger partial charge in [0.05, 0.1) is 11.3 Å². The highest BCUT2D eigenvalue weighted by atomic mass is 16.3. The van der Waals surface area contributed by atoms with E-state index in [0.717, 1.165) is 52.1 Å². The molecule has 30 heavy (non-hydrogen) atoms. The van der Waals surface area contributed by atoms with Crippen LogP contribution in [0.4, 0.5) is 11.4 Å². The number of benzene rings is 2. The highest BCUT2D eigenvalue weighted by molar-refractivity contribution is 6.04. The van der Waals surface area contributed by atoms with Crippen molar-refractivity contribution in [3.8, 4) is 5.88 Å². The van der Waals surface area contributed by atoms with Crippen LogP contribution >= 0.6 is 0 Å². The van der Waals surface area contributed by atoms with Gasteiger partial charge in [0.1, 0.15) is 0 Å². The summed E-state index contributed by atoms with van der Waals surface area (Å²) >= 11 is 0. The first-order valence-electron chi connectivity index (χ1n) is 10.7. The van der Waals surface area contributed by atoms with Crippen LogP contribution in [0.5, 0.6) is 5.88 Å². The van der Waals surface area contributed by atoms with E-state index in [2.05, 4.69) is 66.9 Å². The smallest absolute Gasteiger partial charge is 0.198 e. The fourth-order valence-corrected chi connectivity index (χ4v) is 4.07. The van der Waals surface area contributed by atoms with E-state index in [9.17, 15) is 5.11 Å². The number of rotatable bonds is 8. The highest BCUT2D eigenvalue weighted by Gasteiger charge is 2.13. The molecule has 0 radical (unpaired) electrons. The molecule has 0 saturated carbocycles. The second-order valence-corrected chi connectivity index (χ2v) is 8.49. The third-order valence-corrected chi connectivity index (χ3v) is 5.62. The van der Waals surface area contributed by atoms with Crippen LogP contribution in [-0.4, -0.2) is 46.4 Å². The number of nitrogens with one attached hydrogen (secondary N) is 2. The minimum Gasteiger partial charge on any atom is -0.494 e.